The monoisotopic (exact) mass is 355 g/mol. The molecule has 0 spiro atoms. The number of aryl methyl sites for hydroxylation is 1. The van der Waals surface area contributed by atoms with E-state index in [4.69, 9.17) is 9.47 Å². The number of esters is 1. The Morgan fingerprint density at radius 1 is 0.962 bits per heavy atom. The van der Waals surface area contributed by atoms with Gasteiger partial charge in [-0.15, -0.1) is 0 Å². The van der Waals surface area contributed by atoms with Crippen LogP contribution in [-0.2, 0) is 9.53 Å². The second kappa shape index (κ2) is 9.04. The van der Waals surface area contributed by atoms with E-state index in [9.17, 15) is 9.59 Å². The summed E-state index contributed by atoms with van der Waals surface area (Å²) in [5.74, 6) is 0.174. The summed E-state index contributed by atoms with van der Waals surface area (Å²) in [4.78, 5) is 24.1. The molecule has 1 unspecified atom stereocenters. The van der Waals surface area contributed by atoms with Crippen LogP contribution in [0.15, 0.2) is 48.5 Å². The van der Waals surface area contributed by atoms with Gasteiger partial charge in [0.1, 0.15) is 5.75 Å². The van der Waals surface area contributed by atoms with E-state index >= 15 is 0 Å². The molecule has 0 aliphatic rings. The third-order valence-corrected chi connectivity index (χ3v) is 3.63. The zero-order chi connectivity index (χ0) is 19.1. The minimum Gasteiger partial charge on any atom is -0.479 e. The molecule has 0 aliphatic carbocycles. The molecule has 0 saturated heterocycles. The van der Waals surface area contributed by atoms with E-state index in [1.165, 1.54) is 0 Å². The Morgan fingerprint density at radius 2 is 1.58 bits per heavy atom. The molecule has 2 rings (SSSR count). The van der Waals surface area contributed by atoms with Crippen molar-refractivity contribution in [3.63, 3.8) is 0 Å². The molecule has 26 heavy (non-hydrogen) atoms. The van der Waals surface area contributed by atoms with E-state index in [0.29, 0.717) is 17.9 Å². The standard InChI is InChI=1S/C21H25NO4/c1-14(2)13-25-21(24)16(4)26-19-11-7-17(8-12-19)20(23)22-18-9-5-15(3)6-10-18/h5-12,14,16H,13H2,1-4H3,(H,22,23). The van der Waals surface area contributed by atoms with Crippen molar-refractivity contribution in [2.75, 3.05) is 11.9 Å². The van der Waals surface area contributed by atoms with Gasteiger partial charge >= 0.3 is 5.97 Å². The average Bonchev–Trinajstić information content (AvgIpc) is 2.62. The van der Waals surface area contributed by atoms with Crippen molar-refractivity contribution in [1.29, 1.82) is 0 Å². The van der Waals surface area contributed by atoms with Gasteiger partial charge in [-0.25, -0.2) is 4.79 Å². The molecule has 2 aromatic rings. The van der Waals surface area contributed by atoms with E-state index in [0.717, 1.165) is 11.3 Å². The molecule has 1 N–H and O–H groups in total. The molecule has 0 fully saturated rings. The van der Waals surface area contributed by atoms with Crippen LogP contribution in [0.3, 0.4) is 0 Å². The highest BCUT2D eigenvalue weighted by molar-refractivity contribution is 6.04. The van der Waals surface area contributed by atoms with Crippen molar-refractivity contribution in [1.82, 2.24) is 0 Å². The first-order valence-electron chi connectivity index (χ1n) is 8.66. The van der Waals surface area contributed by atoms with E-state index in [2.05, 4.69) is 5.32 Å². The van der Waals surface area contributed by atoms with Gasteiger partial charge in [0, 0.05) is 11.3 Å². The predicted molar refractivity (Wildman–Crippen MR) is 101 cm³/mol. The van der Waals surface area contributed by atoms with Crippen LogP contribution in [0.5, 0.6) is 5.75 Å². The molecule has 0 aliphatic heterocycles. The number of hydrogen-bond acceptors (Lipinski definition) is 4. The Bertz CT molecular complexity index is 736. The number of amides is 1. The van der Waals surface area contributed by atoms with Gasteiger partial charge in [-0.05, 0) is 56.2 Å². The van der Waals surface area contributed by atoms with Crippen LogP contribution in [0, 0.1) is 12.8 Å². The number of carbonyl (C=O) groups is 2. The molecular formula is C21H25NO4. The Kier molecular flexibility index (Phi) is 6.78. The third-order valence-electron chi connectivity index (χ3n) is 3.63. The SMILES string of the molecule is Cc1ccc(NC(=O)c2ccc(OC(C)C(=O)OCC(C)C)cc2)cc1. The lowest BCUT2D eigenvalue weighted by Crippen LogP contribution is -2.27. The number of carbonyl (C=O) groups excluding carboxylic acids is 2. The molecule has 5 nitrogen and oxygen atoms in total. The number of benzene rings is 2. The summed E-state index contributed by atoms with van der Waals surface area (Å²) >= 11 is 0. The fourth-order valence-electron chi connectivity index (χ4n) is 2.14. The molecular weight excluding hydrogens is 330 g/mol. The summed E-state index contributed by atoms with van der Waals surface area (Å²) in [5.41, 5.74) is 2.38. The number of hydrogen-bond donors (Lipinski definition) is 1. The Labute approximate surface area is 154 Å². The van der Waals surface area contributed by atoms with Crippen molar-refractivity contribution in [2.45, 2.75) is 33.8 Å². The van der Waals surface area contributed by atoms with E-state index in [1.54, 1.807) is 31.2 Å². The number of rotatable bonds is 7. The van der Waals surface area contributed by atoms with Gasteiger partial charge in [0.25, 0.3) is 5.91 Å². The molecule has 0 saturated carbocycles. The second-order valence-corrected chi connectivity index (χ2v) is 6.63. The molecule has 1 atom stereocenters. The van der Waals surface area contributed by atoms with Gasteiger partial charge in [-0.1, -0.05) is 31.5 Å². The van der Waals surface area contributed by atoms with Gasteiger partial charge in [0.05, 0.1) is 6.61 Å². The van der Waals surface area contributed by atoms with Crippen LogP contribution in [0.1, 0.15) is 36.7 Å². The lowest BCUT2D eigenvalue weighted by molar-refractivity contribution is -0.152. The summed E-state index contributed by atoms with van der Waals surface area (Å²) < 4.78 is 10.7. The lowest BCUT2D eigenvalue weighted by Gasteiger charge is -2.15. The molecule has 0 heterocycles. The second-order valence-electron chi connectivity index (χ2n) is 6.63. The molecule has 0 bridgehead atoms. The summed E-state index contributed by atoms with van der Waals surface area (Å²) in [5, 5.41) is 2.84. The smallest absolute Gasteiger partial charge is 0.347 e. The highest BCUT2D eigenvalue weighted by Gasteiger charge is 2.17. The van der Waals surface area contributed by atoms with Crippen LogP contribution < -0.4 is 10.1 Å². The highest BCUT2D eigenvalue weighted by Crippen LogP contribution is 2.16. The number of ether oxygens (including phenoxy) is 2. The zero-order valence-corrected chi connectivity index (χ0v) is 15.6. The maximum Gasteiger partial charge on any atom is 0.347 e. The molecule has 138 valence electrons. The van der Waals surface area contributed by atoms with Crippen molar-refractivity contribution < 1.29 is 19.1 Å². The molecule has 0 aromatic heterocycles. The van der Waals surface area contributed by atoms with Gasteiger partial charge in [-0.2, -0.15) is 0 Å². The van der Waals surface area contributed by atoms with E-state index < -0.39 is 12.1 Å². The minimum absolute atomic E-state index is 0.204. The summed E-state index contributed by atoms with van der Waals surface area (Å²) in [6.07, 6.45) is -0.707. The maximum atomic E-state index is 12.3. The summed E-state index contributed by atoms with van der Waals surface area (Å²) in [7, 11) is 0. The average molecular weight is 355 g/mol. The maximum absolute atomic E-state index is 12.3. The minimum atomic E-state index is -0.707. The first-order valence-corrected chi connectivity index (χ1v) is 8.66. The highest BCUT2D eigenvalue weighted by atomic mass is 16.6. The van der Waals surface area contributed by atoms with E-state index in [1.807, 2.05) is 45.0 Å². The van der Waals surface area contributed by atoms with Crippen LogP contribution in [0.25, 0.3) is 0 Å². The van der Waals surface area contributed by atoms with E-state index in [-0.39, 0.29) is 11.8 Å². The van der Waals surface area contributed by atoms with Crippen LogP contribution in [0.2, 0.25) is 0 Å². The quantitative estimate of drug-likeness (QED) is 0.756. The summed E-state index contributed by atoms with van der Waals surface area (Å²) in [6, 6.07) is 14.2. The molecule has 0 radical (unpaired) electrons. The zero-order valence-electron chi connectivity index (χ0n) is 15.6. The third kappa shape index (κ3) is 5.92. The largest absolute Gasteiger partial charge is 0.479 e. The molecule has 2 aromatic carbocycles. The summed E-state index contributed by atoms with van der Waals surface area (Å²) in [6.45, 7) is 7.94. The van der Waals surface area contributed by atoms with Crippen LogP contribution in [0.4, 0.5) is 5.69 Å². The van der Waals surface area contributed by atoms with Crippen LogP contribution in [-0.4, -0.2) is 24.6 Å². The number of anilines is 1. The van der Waals surface area contributed by atoms with Crippen LogP contribution >= 0.6 is 0 Å². The molecule has 5 heteroatoms. The van der Waals surface area contributed by atoms with Gasteiger partial charge in [-0.3, -0.25) is 4.79 Å². The lowest BCUT2D eigenvalue weighted by atomic mass is 10.2. The van der Waals surface area contributed by atoms with Crippen molar-refractivity contribution in [3.8, 4) is 5.75 Å². The molecule has 1 amide bonds. The van der Waals surface area contributed by atoms with Gasteiger partial charge in [0.2, 0.25) is 0 Å². The van der Waals surface area contributed by atoms with Crippen molar-refractivity contribution in [3.05, 3.63) is 59.7 Å². The van der Waals surface area contributed by atoms with Crippen molar-refractivity contribution >= 4 is 17.6 Å². The fraction of sp³-hybridized carbons (Fsp3) is 0.333. The Hall–Kier alpha value is -2.82. The Balaban J connectivity index is 1.91. The Morgan fingerprint density at radius 3 is 2.15 bits per heavy atom. The topological polar surface area (TPSA) is 64.6 Å². The first-order chi connectivity index (χ1) is 12.3. The van der Waals surface area contributed by atoms with Gasteiger partial charge < -0.3 is 14.8 Å². The van der Waals surface area contributed by atoms with Crippen molar-refractivity contribution in [2.24, 2.45) is 5.92 Å². The number of nitrogens with one attached hydrogen (secondary N) is 1. The normalized spacial score (nSPS) is 11.7. The fourth-order valence-corrected chi connectivity index (χ4v) is 2.14. The van der Waals surface area contributed by atoms with Gasteiger partial charge in [0.15, 0.2) is 6.10 Å². The predicted octanol–water partition coefficient (Wildman–Crippen LogP) is 4.21. The first kappa shape index (κ1) is 19.5.